The van der Waals surface area contributed by atoms with Gasteiger partial charge in [0.05, 0.1) is 12.3 Å². The summed E-state index contributed by atoms with van der Waals surface area (Å²) in [5.41, 5.74) is 0.680. The maximum atomic E-state index is 11.3. The molecule has 2 atom stereocenters. The minimum absolute atomic E-state index is 0.127. The molecular weight excluding hydrogens is 246 g/mol. The molecule has 0 aliphatic carbocycles. The van der Waals surface area contributed by atoms with E-state index in [0.717, 1.165) is 19.4 Å². The number of carboxylic acids is 1. The monoisotopic (exact) mass is 267 g/mol. The van der Waals surface area contributed by atoms with E-state index in [1.165, 1.54) is 0 Å². The minimum atomic E-state index is -0.888. The predicted molar refractivity (Wildman–Crippen MR) is 70.0 cm³/mol. The van der Waals surface area contributed by atoms with Gasteiger partial charge in [-0.1, -0.05) is 0 Å². The lowest BCUT2D eigenvalue weighted by molar-refractivity contribution is -0.139. The van der Waals surface area contributed by atoms with Gasteiger partial charge in [0.2, 0.25) is 0 Å². The van der Waals surface area contributed by atoms with Crippen molar-refractivity contribution in [1.82, 2.24) is 15.1 Å². The highest BCUT2D eigenvalue weighted by Crippen LogP contribution is 2.17. The molecule has 1 aliphatic heterocycles. The second-order valence-corrected chi connectivity index (χ2v) is 5.16. The first-order valence-corrected chi connectivity index (χ1v) is 6.69. The van der Waals surface area contributed by atoms with E-state index in [2.05, 4.69) is 10.4 Å². The van der Waals surface area contributed by atoms with Crippen molar-refractivity contribution in [1.29, 1.82) is 0 Å². The Balaban J connectivity index is 1.99. The number of hydrogen-bond donors (Lipinski definition) is 2. The van der Waals surface area contributed by atoms with Crippen molar-refractivity contribution in [3.63, 3.8) is 0 Å². The Hall–Kier alpha value is -1.40. The number of carbonyl (C=O) groups is 1. The zero-order valence-corrected chi connectivity index (χ0v) is 11.4. The molecule has 2 unspecified atom stereocenters. The van der Waals surface area contributed by atoms with Crippen LogP contribution in [-0.2, 0) is 9.53 Å². The van der Waals surface area contributed by atoms with Gasteiger partial charge >= 0.3 is 5.97 Å². The molecule has 19 heavy (non-hydrogen) atoms. The van der Waals surface area contributed by atoms with Crippen LogP contribution in [0.3, 0.4) is 0 Å². The average Bonchev–Trinajstić information content (AvgIpc) is 2.98. The van der Waals surface area contributed by atoms with E-state index in [1.54, 1.807) is 17.1 Å². The van der Waals surface area contributed by atoms with Crippen molar-refractivity contribution in [3.8, 4) is 0 Å². The van der Waals surface area contributed by atoms with Gasteiger partial charge in [-0.2, -0.15) is 5.10 Å². The lowest BCUT2D eigenvalue weighted by Crippen LogP contribution is -2.34. The number of hydrogen-bond acceptors (Lipinski definition) is 4. The number of rotatable bonds is 6. The number of nitrogens with zero attached hydrogens (tertiary/aromatic N) is 2. The van der Waals surface area contributed by atoms with Gasteiger partial charge in [-0.3, -0.25) is 14.8 Å². The van der Waals surface area contributed by atoms with Gasteiger partial charge in [-0.25, -0.2) is 0 Å². The number of carboxylic acid groups (broad SMARTS) is 1. The summed E-state index contributed by atoms with van der Waals surface area (Å²) >= 11 is 0. The highest BCUT2D eigenvalue weighted by Gasteiger charge is 2.24. The van der Waals surface area contributed by atoms with E-state index in [-0.39, 0.29) is 12.1 Å². The molecule has 0 aromatic carbocycles. The summed E-state index contributed by atoms with van der Waals surface area (Å²) in [6, 6.07) is -0.502. The fourth-order valence-electron chi connectivity index (χ4n) is 2.19. The van der Waals surface area contributed by atoms with Gasteiger partial charge in [0.1, 0.15) is 6.04 Å². The van der Waals surface area contributed by atoms with Crippen molar-refractivity contribution >= 4 is 5.97 Å². The van der Waals surface area contributed by atoms with Gasteiger partial charge in [0.25, 0.3) is 0 Å². The molecule has 0 radical (unpaired) electrons. The Kier molecular flexibility index (Phi) is 4.55. The maximum absolute atomic E-state index is 11.3. The van der Waals surface area contributed by atoms with E-state index < -0.39 is 12.0 Å². The van der Waals surface area contributed by atoms with Crippen molar-refractivity contribution in [2.75, 3.05) is 13.2 Å². The summed E-state index contributed by atoms with van der Waals surface area (Å²) in [5.74, 6) is -0.888. The number of ether oxygens (including phenoxy) is 1. The fourth-order valence-corrected chi connectivity index (χ4v) is 2.19. The van der Waals surface area contributed by atoms with Crippen LogP contribution < -0.4 is 5.32 Å². The summed E-state index contributed by atoms with van der Waals surface area (Å²) in [6.45, 7) is 5.35. The van der Waals surface area contributed by atoms with Crippen molar-refractivity contribution in [2.24, 2.45) is 0 Å². The van der Waals surface area contributed by atoms with Crippen LogP contribution >= 0.6 is 0 Å². The molecule has 0 bridgehead atoms. The normalized spacial score (nSPS) is 20.9. The van der Waals surface area contributed by atoms with Gasteiger partial charge in [-0.05, 0) is 26.7 Å². The Bertz CT molecular complexity index is 425. The van der Waals surface area contributed by atoms with Crippen molar-refractivity contribution in [2.45, 2.75) is 44.9 Å². The lowest BCUT2D eigenvalue weighted by Gasteiger charge is -2.16. The Morgan fingerprint density at radius 1 is 1.68 bits per heavy atom. The molecule has 6 heteroatoms. The van der Waals surface area contributed by atoms with Crippen LogP contribution in [0.4, 0.5) is 0 Å². The first kappa shape index (κ1) is 14.0. The molecule has 2 rings (SSSR count). The molecule has 0 saturated carbocycles. The second kappa shape index (κ2) is 6.16. The zero-order chi connectivity index (χ0) is 13.8. The molecule has 1 aliphatic rings. The van der Waals surface area contributed by atoms with Crippen LogP contribution in [0.2, 0.25) is 0 Å². The third-order valence-electron chi connectivity index (χ3n) is 3.30. The average molecular weight is 267 g/mol. The van der Waals surface area contributed by atoms with Gasteiger partial charge < -0.3 is 9.84 Å². The van der Waals surface area contributed by atoms with E-state index in [4.69, 9.17) is 4.74 Å². The minimum Gasteiger partial charge on any atom is -0.480 e. The summed E-state index contributed by atoms with van der Waals surface area (Å²) in [4.78, 5) is 11.3. The molecule has 2 heterocycles. The number of nitrogens with one attached hydrogen (secondary N) is 1. The maximum Gasteiger partial charge on any atom is 0.325 e. The highest BCUT2D eigenvalue weighted by atomic mass is 16.5. The number of aliphatic carboxylic acids is 1. The van der Waals surface area contributed by atoms with Gasteiger partial charge in [0, 0.05) is 31.0 Å². The van der Waals surface area contributed by atoms with E-state index in [9.17, 15) is 9.90 Å². The van der Waals surface area contributed by atoms with Gasteiger partial charge in [-0.15, -0.1) is 0 Å². The van der Waals surface area contributed by atoms with E-state index >= 15 is 0 Å². The Labute approximate surface area is 112 Å². The standard InChI is InChI=1S/C13H21N3O3/c1-9(2)16-8-10(6-15-16)12(13(17)18)14-7-11-4-3-5-19-11/h6,8-9,11-12,14H,3-5,7H2,1-2H3,(H,17,18). The third-order valence-corrected chi connectivity index (χ3v) is 3.30. The fraction of sp³-hybridized carbons (Fsp3) is 0.692. The first-order chi connectivity index (χ1) is 9.08. The molecule has 106 valence electrons. The van der Waals surface area contributed by atoms with Crippen LogP contribution in [0.5, 0.6) is 0 Å². The molecule has 1 saturated heterocycles. The summed E-state index contributed by atoms with van der Waals surface area (Å²) in [5, 5.41) is 16.5. The zero-order valence-electron chi connectivity index (χ0n) is 11.4. The predicted octanol–water partition coefficient (Wildman–Crippen LogP) is 1.36. The van der Waals surface area contributed by atoms with Crippen molar-refractivity contribution in [3.05, 3.63) is 18.0 Å². The topological polar surface area (TPSA) is 76.4 Å². The molecule has 6 nitrogen and oxygen atoms in total. The lowest BCUT2D eigenvalue weighted by atomic mass is 10.1. The highest BCUT2D eigenvalue weighted by molar-refractivity contribution is 5.75. The van der Waals surface area contributed by atoms with Crippen LogP contribution in [-0.4, -0.2) is 40.1 Å². The summed E-state index contributed by atoms with van der Waals surface area (Å²) in [7, 11) is 0. The van der Waals surface area contributed by atoms with Crippen LogP contribution in [0, 0.1) is 0 Å². The molecule has 1 fully saturated rings. The summed E-state index contributed by atoms with van der Waals surface area (Å²) in [6.07, 6.45) is 5.56. The molecule has 1 aromatic heterocycles. The molecule has 2 N–H and O–H groups in total. The number of aromatic nitrogens is 2. The van der Waals surface area contributed by atoms with Crippen LogP contribution in [0.1, 0.15) is 44.3 Å². The molecule has 0 amide bonds. The SMILES string of the molecule is CC(C)n1cc(C(NCC2CCCO2)C(=O)O)cn1. The summed E-state index contributed by atoms with van der Waals surface area (Å²) < 4.78 is 7.25. The smallest absolute Gasteiger partial charge is 0.325 e. The first-order valence-electron chi connectivity index (χ1n) is 6.69. The quantitative estimate of drug-likeness (QED) is 0.814. The Morgan fingerprint density at radius 3 is 3.00 bits per heavy atom. The van der Waals surface area contributed by atoms with Crippen LogP contribution in [0.25, 0.3) is 0 Å². The Morgan fingerprint density at radius 2 is 2.47 bits per heavy atom. The molecule has 1 aromatic rings. The van der Waals surface area contributed by atoms with Crippen LogP contribution in [0.15, 0.2) is 12.4 Å². The largest absolute Gasteiger partial charge is 0.480 e. The van der Waals surface area contributed by atoms with E-state index in [0.29, 0.717) is 12.1 Å². The van der Waals surface area contributed by atoms with Crippen molar-refractivity contribution < 1.29 is 14.6 Å². The molecule has 0 spiro atoms. The van der Waals surface area contributed by atoms with E-state index in [1.807, 2.05) is 13.8 Å². The van der Waals surface area contributed by atoms with Gasteiger partial charge in [0.15, 0.2) is 0 Å². The second-order valence-electron chi connectivity index (χ2n) is 5.16. The third kappa shape index (κ3) is 3.54. The molecular formula is C13H21N3O3.